The maximum atomic E-state index is 9.48. The van der Waals surface area contributed by atoms with E-state index in [4.69, 9.17) is 0 Å². The molecule has 2 heteroatoms. The largest absolute Gasteiger partial charge is 0.334 e. The van der Waals surface area contributed by atoms with E-state index in [0.717, 1.165) is 6.42 Å². The zero-order valence-corrected chi connectivity index (χ0v) is 27.4. The Labute approximate surface area is 282 Å². The number of nitrogens with zero attached hydrogens (tertiary/aromatic N) is 2. The van der Waals surface area contributed by atoms with E-state index in [1.165, 1.54) is 91.8 Å². The summed E-state index contributed by atoms with van der Waals surface area (Å²) in [5.41, 5.74) is 17.7. The van der Waals surface area contributed by atoms with Crippen LogP contribution >= 0.6 is 0 Å². The van der Waals surface area contributed by atoms with Gasteiger partial charge >= 0.3 is 0 Å². The van der Waals surface area contributed by atoms with Gasteiger partial charge in [-0.25, -0.2) is 0 Å². The molecule has 4 aliphatic rings. The normalized spacial score (nSPS) is 21.9. The van der Waals surface area contributed by atoms with Crippen molar-refractivity contribution in [3.8, 4) is 39.4 Å². The fourth-order valence-corrected chi connectivity index (χ4v) is 10.3. The van der Waals surface area contributed by atoms with E-state index in [1.54, 1.807) is 0 Å². The van der Waals surface area contributed by atoms with Gasteiger partial charge in [-0.2, -0.15) is 5.26 Å². The third-order valence-corrected chi connectivity index (χ3v) is 12.7. The first-order valence-corrected chi connectivity index (χ1v) is 17.4. The summed E-state index contributed by atoms with van der Waals surface area (Å²) in [4.78, 5) is 2.59. The maximum Gasteiger partial charge on any atom is 0.0991 e. The first kappa shape index (κ1) is 27.7. The second-order valence-electron chi connectivity index (χ2n) is 14.7. The van der Waals surface area contributed by atoms with Gasteiger partial charge in [-0.15, -0.1) is 0 Å². The summed E-state index contributed by atoms with van der Waals surface area (Å²) in [6.07, 6.45) is 4.79. The Hall–Kier alpha value is -5.39. The molecule has 0 N–H and O–H groups in total. The average molecular weight is 617 g/mol. The molecule has 230 valence electrons. The third kappa shape index (κ3) is 3.27. The number of rotatable bonds is 2. The zero-order chi connectivity index (χ0) is 32.3. The summed E-state index contributed by atoms with van der Waals surface area (Å²) in [5, 5.41) is 9.48. The molecular weight excluding hydrogens is 581 g/mol. The van der Waals surface area contributed by atoms with Crippen molar-refractivity contribution < 1.29 is 0 Å². The highest BCUT2D eigenvalue weighted by atomic mass is 15.3. The standard InChI is InChI=1S/C46H36N2/c1-44-25-9-10-26-45(44,2)48(33-21-17-30(29-47)18-22-33)43-24-20-32(28-42(43)44)31-19-23-37-36-13-5-8-16-40(36)46(41(37)27-31)38-14-6-3-11-34(38)35-12-4-7-15-39(35)46/h3-8,11-24,27-28H,9-10,25-26H2,1-2H3. The highest BCUT2D eigenvalue weighted by molar-refractivity contribution is 5.96. The van der Waals surface area contributed by atoms with Gasteiger partial charge in [0, 0.05) is 16.8 Å². The van der Waals surface area contributed by atoms with E-state index in [9.17, 15) is 5.26 Å². The second-order valence-corrected chi connectivity index (χ2v) is 14.7. The molecule has 2 unspecified atom stereocenters. The monoisotopic (exact) mass is 616 g/mol. The van der Waals surface area contributed by atoms with Crippen LogP contribution in [0.4, 0.5) is 11.4 Å². The lowest BCUT2D eigenvalue weighted by Gasteiger charge is -2.50. The van der Waals surface area contributed by atoms with Crippen LogP contribution in [0.3, 0.4) is 0 Å². The predicted molar refractivity (Wildman–Crippen MR) is 196 cm³/mol. The molecule has 6 aromatic carbocycles. The summed E-state index contributed by atoms with van der Waals surface area (Å²) in [5.74, 6) is 0. The van der Waals surface area contributed by atoms with E-state index in [2.05, 4.69) is 146 Å². The molecule has 1 heterocycles. The van der Waals surface area contributed by atoms with Gasteiger partial charge < -0.3 is 4.90 Å². The Bertz CT molecular complexity index is 2290. The van der Waals surface area contributed by atoms with Crippen molar-refractivity contribution in [2.75, 3.05) is 4.90 Å². The first-order chi connectivity index (χ1) is 23.5. The van der Waals surface area contributed by atoms with E-state index in [1.807, 2.05) is 12.1 Å². The maximum absolute atomic E-state index is 9.48. The second kappa shape index (κ2) is 9.59. The van der Waals surface area contributed by atoms with Gasteiger partial charge in [-0.05, 0) is 123 Å². The van der Waals surface area contributed by atoms with Gasteiger partial charge in [0.25, 0.3) is 0 Å². The molecular formula is C46H36N2. The van der Waals surface area contributed by atoms with E-state index in [-0.39, 0.29) is 16.4 Å². The lowest BCUT2D eigenvalue weighted by Crippen LogP contribution is -2.54. The molecule has 48 heavy (non-hydrogen) atoms. The third-order valence-electron chi connectivity index (χ3n) is 12.7. The molecule has 0 radical (unpaired) electrons. The molecule has 2 atom stereocenters. The van der Waals surface area contributed by atoms with Gasteiger partial charge in [0.2, 0.25) is 0 Å². The van der Waals surface area contributed by atoms with E-state index >= 15 is 0 Å². The Balaban J connectivity index is 1.18. The van der Waals surface area contributed by atoms with Crippen molar-refractivity contribution in [3.05, 3.63) is 167 Å². The number of nitriles is 1. The minimum Gasteiger partial charge on any atom is -0.334 e. The molecule has 2 nitrogen and oxygen atoms in total. The summed E-state index contributed by atoms with van der Waals surface area (Å²) < 4.78 is 0. The van der Waals surface area contributed by atoms with Crippen LogP contribution < -0.4 is 4.90 Å². The van der Waals surface area contributed by atoms with E-state index in [0.29, 0.717) is 5.56 Å². The highest BCUT2D eigenvalue weighted by Crippen LogP contribution is 2.64. The summed E-state index contributed by atoms with van der Waals surface area (Å²) in [6, 6.07) is 52.1. The van der Waals surface area contributed by atoms with Crippen LogP contribution in [-0.2, 0) is 10.8 Å². The van der Waals surface area contributed by atoms with Gasteiger partial charge in [0.05, 0.1) is 22.6 Å². The van der Waals surface area contributed by atoms with Crippen LogP contribution in [0, 0.1) is 11.3 Å². The molecule has 1 saturated carbocycles. The van der Waals surface area contributed by atoms with E-state index < -0.39 is 0 Å². The van der Waals surface area contributed by atoms with Crippen molar-refractivity contribution in [3.63, 3.8) is 0 Å². The van der Waals surface area contributed by atoms with Crippen LogP contribution in [0.5, 0.6) is 0 Å². The van der Waals surface area contributed by atoms with Crippen LogP contribution in [0.1, 0.15) is 72.9 Å². The molecule has 0 aromatic heterocycles. The van der Waals surface area contributed by atoms with Crippen LogP contribution in [0.25, 0.3) is 33.4 Å². The predicted octanol–water partition coefficient (Wildman–Crippen LogP) is 11.3. The Morgan fingerprint density at radius 2 is 1.06 bits per heavy atom. The molecule has 0 saturated heterocycles. The van der Waals surface area contributed by atoms with Crippen LogP contribution in [-0.4, -0.2) is 5.54 Å². The van der Waals surface area contributed by atoms with Crippen molar-refractivity contribution in [2.45, 2.75) is 55.9 Å². The van der Waals surface area contributed by atoms with Gasteiger partial charge in [-0.1, -0.05) is 111 Å². The Morgan fingerprint density at radius 3 is 1.67 bits per heavy atom. The Kier molecular flexibility index (Phi) is 5.53. The van der Waals surface area contributed by atoms with Gasteiger partial charge in [-0.3, -0.25) is 0 Å². The van der Waals surface area contributed by atoms with Crippen molar-refractivity contribution >= 4 is 11.4 Å². The number of benzene rings is 6. The van der Waals surface area contributed by atoms with Crippen molar-refractivity contribution in [2.24, 2.45) is 0 Å². The van der Waals surface area contributed by atoms with Crippen LogP contribution in [0.15, 0.2) is 133 Å². The molecule has 3 aliphatic carbocycles. The SMILES string of the molecule is CC12CCCCC1(C)N(c1ccc(C#N)cc1)c1ccc(-c3ccc4c(c3)C3(c5ccccc5-c5ccccc53)c3ccccc3-4)cc12. The number of anilines is 2. The number of hydrogen-bond donors (Lipinski definition) is 0. The van der Waals surface area contributed by atoms with Crippen molar-refractivity contribution in [1.82, 2.24) is 0 Å². The molecule has 1 spiro atoms. The fraction of sp³-hybridized carbons (Fsp3) is 0.196. The molecule has 0 amide bonds. The minimum atomic E-state index is -0.341. The number of hydrogen-bond acceptors (Lipinski definition) is 2. The molecule has 10 rings (SSSR count). The summed E-state index contributed by atoms with van der Waals surface area (Å²) in [6.45, 7) is 4.97. The smallest absolute Gasteiger partial charge is 0.0991 e. The highest BCUT2D eigenvalue weighted by Gasteiger charge is 2.58. The van der Waals surface area contributed by atoms with Gasteiger partial charge in [0.15, 0.2) is 0 Å². The van der Waals surface area contributed by atoms with Gasteiger partial charge in [0.1, 0.15) is 0 Å². The minimum absolute atomic E-state index is 0.0159. The van der Waals surface area contributed by atoms with Crippen LogP contribution in [0.2, 0.25) is 0 Å². The first-order valence-electron chi connectivity index (χ1n) is 17.4. The quantitative estimate of drug-likeness (QED) is 0.193. The lowest BCUT2D eigenvalue weighted by atomic mass is 9.61. The summed E-state index contributed by atoms with van der Waals surface area (Å²) >= 11 is 0. The molecule has 0 bridgehead atoms. The fourth-order valence-electron chi connectivity index (χ4n) is 10.3. The lowest BCUT2D eigenvalue weighted by molar-refractivity contribution is 0.195. The Morgan fingerprint density at radius 1 is 0.542 bits per heavy atom. The topological polar surface area (TPSA) is 27.0 Å². The number of fused-ring (bicyclic) bond motifs is 13. The van der Waals surface area contributed by atoms with Crippen molar-refractivity contribution in [1.29, 1.82) is 5.26 Å². The molecule has 6 aromatic rings. The molecule has 1 aliphatic heterocycles. The average Bonchev–Trinajstić information content (AvgIpc) is 3.68. The molecule has 1 fully saturated rings. The summed E-state index contributed by atoms with van der Waals surface area (Å²) in [7, 11) is 0. The zero-order valence-electron chi connectivity index (χ0n) is 27.4.